The summed E-state index contributed by atoms with van der Waals surface area (Å²) in [6, 6.07) is 3.79. The van der Waals surface area contributed by atoms with Gasteiger partial charge in [0.2, 0.25) is 5.88 Å². The molecule has 0 unspecified atom stereocenters. The van der Waals surface area contributed by atoms with Crippen molar-refractivity contribution in [3.63, 3.8) is 0 Å². The zero-order valence-corrected chi connectivity index (χ0v) is 13.4. The van der Waals surface area contributed by atoms with Gasteiger partial charge < -0.3 is 19.7 Å². The van der Waals surface area contributed by atoms with Crippen LogP contribution in [-0.4, -0.2) is 43.4 Å². The van der Waals surface area contributed by atoms with E-state index in [1.54, 1.807) is 13.3 Å². The number of likely N-dealkylation sites (tertiary alicyclic amines) is 1. The van der Waals surface area contributed by atoms with Gasteiger partial charge in [0.15, 0.2) is 11.5 Å². The van der Waals surface area contributed by atoms with Gasteiger partial charge in [-0.05, 0) is 19.2 Å². The van der Waals surface area contributed by atoms with Crippen LogP contribution in [0.2, 0.25) is 0 Å². The highest BCUT2D eigenvalue weighted by atomic mass is 79.9. The van der Waals surface area contributed by atoms with Gasteiger partial charge in [-0.2, -0.15) is 0 Å². The normalized spacial score (nSPS) is 15.8. The average Bonchev–Trinajstić information content (AvgIpc) is 2.84. The van der Waals surface area contributed by atoms with Crippen molar-refractivity contribution in [2.24, 2.45) is 0 Å². The van der Waals surface area contributed by atoms with E-state index in [4.69, 9.17) is 19.7 Å². The highest BCUT2D eigenvalue weighted by Gasteiger charge is 2.28. The molecule has 1 aromatic carbocycles. The Morgan fingerprint density at radius 1 is 1.38 bits per heavy atom. The third kappa shape index (κ3) is 2.71. The van der Waals surface area contributed by atoms with E-state index < -0.39 is 0 Å². The van der Waals surface area contributed by atoms with Gasteiger partial charge in [0, 0.05) is 23.1 Å². The van der Waals surface area contributed by atoms with Crippen LogP contribution in [0.5, 0.6) is 11.5 Å². The first kappa shape index (κ1) is 14.2. The van der Waals surface area contributed by atoms with Crippen LogP contribution in [0.25, 0.3) is 11.1 Å². The minimum absolute atomic E-state index is 0.143. The van der Waals surface area contributed by atoms with E-state index >= 15 is 0 Å². The molecule has 7 heteroatoms. The molecule has 112 valence electrons. The molecule has 6 nitrogen and oxygen atoms in total. The van der Waals surface area contributed by atoms with Crippen LogP contribution in [0.1, 0.15) is 0 Å². The second-order valence-electron chi connectivity index (χ2n) is 5.05. The predicted molar refractivity (Wildman–Crippen MR) is 82.5 cm³/mol. The van der Waals surface area contributed by atoms with Gasteiger partial charge in [-0.3, -0.25) is 4.90 Å². The number of rotatable bonds is 4. The van der Waals surface area contributed by atoms with Crippen LogP contribution in [0.3, 0.4) is 0 Å². The Morgan fingerprint density at radius 2 is 2.14 bits per heavy atom. The van der Waals surface area contributed by atoms with Gasteiger partial charge in [0.25, 0.3) is 0 Å². The summed E-state index contributed by atoms with van der Waals surface area (Å²) in [5.41, 5.74) is 7.33. The van der Waals surface area contributed by atoms with Crippen molar-refractivity contribution in [1.82, 2.24) is 10.1 Å². The quantitative estimate of drug-likeness (QED) is 0.909. The van der Waals surface area contributed by atoms with Gasteiger partial charge in [0.05, 0.1) is 18.9 Å². The summed E-state index contributed by atoms with van der Waals surface area (Å²) in [5.74, 6) is 1.56. The molecule has 0 bridgehead atoms. The lowest BCUT2D eigenvalue weighted by atomic mass is 10.1. The first-order valence-electron chi connectivity index (χ1n) is 6.51. The van der Waals surface area contributed by atoms with E-state index in [2.05, 4.69) is 33.0 Å². The summed E-state index contributed by atoms with van der Waals surface area (Å²) in [6.45, 7) is 1.77. The molecule has 2 heterocycles. The lowest BCUT2D eigenvalue weighted by molar-refractivity contribution is 0.0374. The van der Waals surface area contributed by atoms with Gasteiger partial charge in [0.1, 0.15) is 6.10 Å². The van der Waals surface area contributed by atoms with Crippen LogP contribution in [0, 0.1) is 0 Å². The molecule has 0 spiro atoms. The van der Waals surface area contributed by atoms with Gasteiger partial charge in [-0.15, -0.1) is 0 Å². The van der Waals surface area contributed by atoms with Gasteiger partial charge >= 0.3 is 0 Å². The van der Waals surface area contributed by atoms with E-state index in [-0.39, 0.29) is 12.0 Å². The maximum Gasteiger partial charge on any atom is 0.230 e. The topological polar surface area (TPSA) is 73.8 Å². The Hall–Kier alpha value is -1.73. The number of nitrogen functional groups attached to an aromatic ring is 1. The summed E-state index contributed by atoms with van der Waals surface area (Å²) >= 11 is 3.47. The van der Waals surface area contributed by atoms with Crippen LogP contribution < -0.4 is 15.2 Å². The van der Waals surface area contributed by atoms with Crippen molar-refractivity contribution in [3.05, 3.63) is 22.8 Å². The lowest BCUT2D eigenvalue weighted by Crippen LogP contribution is -2.51. The highest BCUT2D eigenvalue weighted by Crippen LogP contribution is 2.43. The number of nitrogens with two attached hydrogens (primary N) is 1. The number of nitrogens with zero attached hydrogens (tertiary/aromatic N) is 2. The third-order valence-electron chi connectivity index (χ3n) is 3.44. The minimum atomic E-state index is 0.143. The molecule has 1 saturated heterocycles. The molecular formula is C14H16BrN3O3. The van der Waals surface area contributed by atoms with Crippen molar-refractivity contribution in [1.29, 1.82) is 0 Å². The number of likely N-dealkylation sites (N-methyl/N-ethyl adjacent to an activating group) is 1. The summed E-state index contributed by atoms with van der Waals surface area (Å²) in [5, 5.41) is 3.73. The van der Waals surface area contributed by atoms with Crippen LogP contribution >= 0.6 is 15.9 Å². The molecule has 1 aliphatic heterocycles. The number of halogens is 1. The number of ether oxygens (including phenoxy) is 2. The first-order chi connectivity index (χ1) is 10.1. The zero-order chi connectivity index (χ0) is 15.0. The van der Waals surface area contributed by atoms with Crippen molar-refractivity contribution >= 4 is 21.8 Å². The van der Waals surface area contributed by atoms with Crippen LogP contribution in [-0.2, 0) is 0 Å². The summed E-state index contributed by atoms with van der Waals surface area (Å²) < 4.78 is 17.4. The molecular weight excluding hydrogens is 338 g/mol. The van der Waals surface area contributed by atoms with Crippen molar-refractivity contribution < 1.29 is 14.0 Å². The highest BCUT2D eigenvalue weighted by molar-refractivity contribution is 9.10. The Bertz CT molecular complexity index is 653. The fourth-order valence-corrected chi connectivity index (χ4v) is 2.81. The third-order valence-corrected chi connectivity index (χ3v) is 3.90. The second-order valence-corrected chi connectivity index (χ2v) is 5.97. The fraction of sp³-hybridized carbons (Fsp3) is 0.357. The SMILES string of the molecule is COc1cc(Br)cc(-c2cnoc2N)c1OC1CN(C)C1. The number of anilines is 1. The fourth-order valence-electron chi connectivity index (χ4n) is 2.38. The zero-order valence-electron chi connectivity index (χ0n) is 11.8. The molecule has 1 aliphatic rings. The Balaban J connectivity index is 2.04. The summed E-state index contributed by atoms with van der Waals surface area (Å²) in [4.78, 5) is 2.18. The number of aromatic nitrogens is 1. The summed E-state index contributed by atoms with van der Waals surface area (Å²) in [7, 11) is 3.67. The monoisotopic (exact) mass is 353 g/mol. The molecule has 2 aromatic rings. The molecule has 0 saturated carbocycles. The number of hydrogen-bond acceptors (Lipinski definition) is 6. The molecule has 21 heavy (non-hydrogen) atoms. The molecule has 1 fully saturated rings. The van der Waals surface area contributed by atoms with Crippen LogP contribution in [0.4, 0.5) is 5.88 Å². The summed E-state index contributed by atoms with van der Waals surface area (Å²) in [6.07, 6.45) is 1.72. The van der Waals surface area contributed by atoms with Crippen molar-refractivity contribution in [2.45, 2.75) is 6.10 Å². The number of hydrogen-bond donors (Lipinski definition) is 1. The molecule has 0 aliphatic carbocycles. The second kappa shape index (κ2) is 5.57. The van der Waals surface area contributed by atoms with E-state index in [0.717, 1.165) is 23.1 Å². The van der Waals surface area contributed by atoms with Gasteiger partial charge in [-0.1, -0.05) is 21.1 Å². The molecule has 0 atom stereocenters. The molecule has 1 aromatic heterocycles. The largest absolute Gasteiger partial charge is 0.493 e. The van der Waals surface area contributed by atoms with E-state index in [1.807, 2.05) is 12.1 Å². The maximum absolute atomic E-state index is 6.10. The van der Waals surface area contributed by atoms with Crippen molar-refractivity contribution in [3.8, 4) is 22.6 Å². The standard InChI is InChI=1S/C14H16BrN3O3/c1-18-6-9(7-18)20-13-10(11-5-17-21-14(11)16)3-8(15)4-12(13)19-2/h3-5,9H,6-7,16H2,1-2H3. The predicted octanol–water partition coefficient (Wildman–Crippen LogP) is 2.39. The Labute approximate surface area is 130 Å². The smallest absolute Gasteiger partial charge is 0.230 e. The minimum Gasteiger partial charge on any atom is -0.493 e. The van der Waals surface area contributed by atoms with E-state index in [9.17, 15) is 0 Å². The van der Waals surface area contributed by atoms with Gasteiger partial charge in [-0.25, -0.2) is 0 Å². The van der Waals surface area contributed by atoms with Crippen molar-refractivity contribution in [2.75, 3.05) is 33.0 Å². The maximum atomic E-state index is 6.10. The molecule has 0 amide bonds. The van der Waals surface area contributed by atoms with Crippen LogP contribution in [0.15, 0.2) is 27.3 Å². The number of methoxy groups -OCH3 is 1. The van der Waals surface area contributed by atoms with E-state index in [1.165, 1.54) is 0 Å². The lowest BCUT2D eigenvalue weighted by Gasteiger charge is -2.36. The molecule has 3 rings (SSSR count). The first-order valence-corrected chi connectivity index (χ1v) is 7.31. The number of benzene rings is 1. The van der Waals surface area contributed by atoms with E-state index in [0.29, 0.717) is 17.1 Å². The average molecular weight is 354 g/mol. The Morgan fingerprint density at radius 3 is 2.71 bits per heavy atom. The molecule has 0 radical (unpaired) electrons. The Kier molecular flexibility index (Phi) is 3.77. The molecule has 2 N–H and O–H groups in total.